The van der Waals surface area contributed by atoms with Crippen LogP contribution in [0.4, 0.5) is 10.6 Å². The number of nitrogens with two attached hydrogens (primary N) is 2. The average Bonchev–Trinajstić information content (AvgIpc) is 3.38. The van der Waals surface area contributed by atoms with Gasteiger partial charge in [-0.15, -0.1) is 0 Å². The van der Waals surface area contributed by atoms with Gasteiger partial charge in [0.05, 0.1) is 6.04 Å². The fourth-order valence-electron chi connectivity index (χ4n) is 3.96. The van der Waals surface area contributed by atoms with Gasteiger partial charge in [-0.05, 0) is 49.6 Å². The molecule has 0 saturated carbocycles. The summed E-state index contributed by atoms with van der Waals surface area (Å²) in [6.07, 6.45) is 1.71. The zero-order valence-corrected chi connectivity index (χ0v) is 17.9. The smallest absolute Gasteiger partial charge is 0.407 e. The van der Waals surface area contributed by atoms with Crippen LogP contribution in [0.1, 0.15) is 51.1 Å². The third-order valence-corrected chi connectivity index (χ3v) is 5.55. The summed E-state index contributed by atoms with van der Waals surface area (Å²) in [6, 6.07) is 9.42. The number of nitrogens with one attached hydrogen (secondary N) is 1. The Bertz CT molecular complexity index is 1240. The fraction of sp³-hybridized carbons (Fsp3) is 0.227. The summed E-state index contributed by atoms with van der Waals surface area (Å²) in [5.41, 5.74) is 7.60. The van der Waals surface area contributed by atoms with Crippen molar-refractivity contribution in [2.45, 2.75) is 25.8 Å². The number of aryl methyl sites for hydroxylation is 1. The van der Waals surface area contributed by atoms with Crippen molar-refractivity contribution in [3.05, 3.63) is 65.2 Å². The van der Waals surface area contributed by atoms with Crippen molar-refractivity contribution in [3.63, 3.8) is 0 Å². The number of hydrogen-bond acceptors (Lipinski definition) is 6. The largest absolute Gasteiger partial charge is 0.465 e. The first-order valence-corrected chi connectivity index (χ1v) is 10.3. The van der Waals surface area contributed by atoms with E-state index in [-0.39, 0.29) is 23.1 Å². The minimum Gasteiger partial charge on any atom is -0.465 e. The summed E-state index contributed by atoms with van der Waals surface area (Å²) in [5, 5.41) is 12.2. The van der Waals surface area contributed by atoms with E-state index in [0.717, 1.165) is 10.2 Å². The van der Waals surface area contributed by atoms with Gasteiger partial charge in [-0.3, -0.25) is 14.5 Å². The Morgan fingerprint density at radius 3 is 2.55 bits per heavy atom. The second kappa shape index (κ2) is 8.61. The van der Waals surface area contributed by atoms with Crippen LogP contribution in [-0.2, 0) is 0 Å². The highest BCUT2D eigenvalue weighted by Crippen LogP contribution is 2.34. The zero-order chi connectivity index (χ0) is 23.7. The predicted octanol–water partition coefficient (Wildman–Crippen LogP) is 2.13. The highest BCUT2D eigenvalue weighted by molar-refractivity contribution is 6.04. The summed E-state index contributed by atoms with van der Waals surface area (Å²) in [4.78, 5) is 46.1. The van der Waals surface area contributed by atoms with Gasteiger partial charge in [0.1, 0.15) is 11.5 Å². The predicted molar refractivity (Wildman–Crippen MR) is 120 cm³/mol. The number of rotatable bonds is 5. The normalized spacial score (nSPS) is 15.4. The fourth-order valence-corrected chi connectivity index (χ4v) is 3.96. The van der Waals surface area contributed by atoms with E-state index in [9.17, 15) is 19.5 Å². The number of pyridine rings is 1. The van der Waals surface area contributed by atoms with Crippen LogP contribution in [0.25, 0.3) is 11.3 Å². The number of carboxylic acid groups (broad SMARTS) is 1. The lowest BCUT2D eigenvalue weighted by Crippen LogP contribution is -2.32. The van der Waals surface area contributed by atoms with Gasteiger partial charge >= 0.3 is 6.09 Å². The first kappa shape index (κ1) is 21.8. The van der Waals surface area contributed by atoms with Crippen LogP contribution >= 0.6 is 0 Å². The number of carbonyl (C=O) groups is 3. The van der Waals surface area contributed by atoms with Crippen LogP contribution in [0, 0.1) is 6.92 Å². The molecule has 3 heterocycles. The Morgan fingerprint density at radius 2 is 1.91 bits per heavy atom. The maximum Gasteiger partial charge on any atom is 0.407 e. The van der Waals surface area contributed by atoms with Gasteiger partial charge in [-0.25, -0.2) is 19.4 Å². The molecular weight excluding hydrogens is 426 g/mol. The molecule has 1 saturated heterocycles. The van der Waals surface area contributed by atoms with E-state index in [1.807, 2.05) is 13.0 Å². The SMILES string of the molecule is Cc1ccnc(NC(=O)c2ccc(-c3nc([C@@H]4CCCN4C(=O)O)n(N)c3C(N)=O)cc2)c1. The Balaban J connectivity index is 1.64. The number of hydrogen-bond donors (Lipinski definition) is 4. The molecule has 2 aromatic heterocycles. The number of aromatic nitrogens is 3. The molecule has 0 spiro atoms. The second-order valence-electron chi connectivity index (χ2n) is 7.79. The molecule has 1 aliphatic heterocycles. The van der Waals surface area contributed by atoms with Gasteiger partial charge in [0.15, 0.2) is 11.5 Å². The Morgan fingerprint density at radius 1 is 1.18 bits per heavy atom. The first-order chi connectivity index (χ1) is 15.8. The number of benzene rings is 1. The number of imidazole rings is 1. The standard InChI is InChI=1S/C22H23N7O4/c1-12-8-9-25-16(11-12)26-21(31)14-6-4-13(5-7-14)17-18(19(23)30)29(24)20(27-17)15-3-2-10-28(15)22(32)33/h4-9,11,15H,2-3,10,24H2,1H3,(H2,23,30)(H,32,33)(H,25,26,31)/t15-/m0/s1. The summed E-state index contributed by atoms with van der Waals surface area (Å²) in [7, 11) is 0. The van der Waals surface area contributed by atoms with Crippen LogP contribution in [0.3, 0.4) is 0 Å². The van der Waals surface area contributed by atoms with Crippen molar-refractivity contribution in [2.24, 2.45) is 5.73 Å². The third-order valence-electron chi connectivity index (χ3n) is 5.55. The molecule has 3 aromatic rings. The quantitative estimate of drug-likeness (QED) is 0.432. The lowest BCUT2D eigenvalue weighted by atomic mass is 10.1. The van der Waals surface area contributed by atoms with Crippen molar-refractivity contribution >= 4 is 23.7 Å². The molecule has 0 aliphatic carbocycles. The highest BCUT2D eigenvalue weighted by atomic mass is 16.4. The molecule has 6 N–H and O–H groups in total. The number of amides is 3. The Labute approximate surface area is 189 Å². The molecule has 11 heteroatoms. The van der Waals surface area contributed by atoms with E-state index in [2.05, 4.69) is 15.3 Å². The number of nitrogens with zero attached hydrogens (tertiary/aromatic N) is 4. The maximum absolute atomic E-state index is 12.6. The van der Waals surface area contributed by atoms with Gasteiger partial charge in [-0.1, -0.05) is 12.1 Å². The van der Waals surface area contributed by atoms with Crippen LogP contribution in [-0.4, -0.2) is 49.1 Å². The second-order valence-corrected chi connectivity index (χ2v) is 7.79. The van der Waals surface area contributed by atoms with E-state index in [1.165, 1.54) is 4.90 Å². The molecule has 1 aromatic carbocycles. The summed E-state index contributed by atoms with van der Waals surface area (Å²) in [5.74, 6) is 5.66. The van der Waals surface area contributed by atoms with Crippen LogP contribution < -0.4 is 16.9 Å². The first-order valence-electron chi connectivity index (χ1n) is 10.3. The number of nitrogen functional groups attached to an aromatic ring is 1. The molecule has 4 rings (SSSR count). The summed E-state index contributed by atoms with van der Waals surface area (Å²) in [6.45, 7) is 2.25. The van der Waals surface area contributed by atoms with Gasteiger partial charge in [-0.2, -0.15) is 0 Å². The highest BCUT2D eigenvalue weighted by Gasteiger charge is 2.35. The summed E-state index contributed by atoms with van der Waals surface area (Å²) >= 11 is 0. The molecule has 3 amide bonds. The molecule has 170 valence electrons. The number of carbonyl (C=O) groups excluding carboxylic acids is 2. The monoisotopic (exact) mass is 449 g/mol. The molecule has 0 bridgehead atoms. The molecule has 1 fully saturated rings. The number of anilines is 1. The maximum atomic E-state index is 12.6. The van der Waals surface area contributed by atoms with E-state index in [4.69, 9.17) is 11.6 Å². The lowest BCUT2D eigenvalue weighted by Gasteiger charge is -2.20. The molecule has 0 radical (unpaired) electrons. The van der Waals surface area contributed by atoms with E-state index < -0.39 is 18.0 Å². The molecule has 11 nitrogen and oxygen atoms in total. The topological polar surface area (TPSA) is 169 Å². The van der Waals surface area contributed by atoms with Crippen molar-refractivity contribution in [3.8, 4) is 11.3 Å². The van der Waals surface area contributed by atoms with E-state index in [0.29, 0.717) is 36.3 Å². The lowest BCUT2D eigenvalue weighted by molar-refractivity contribution is 0.0991. The van der Waals surface area contributed by atoms with Gasteiger partial charge in [0.2, 0.25) is 0 Å². The molecule has 1 aliphatic rings. The minimum atomic E-state index is -1.08. The summed E-state index contributed by atoms with van der Waals surface area (Å²) < 4.78 is 1.06. The van der Waals surface area contributed by atoms with E-state index >= 15 is 0 Å². The molecule has 0 unspecified atom stereocenters. The van der Waals surface area contributed by atoms with Gasteiger partial charge in [0, 0.05) is 23.9 Å². The van der Waals surface area contributed by atoms with E-state index in [1.54, 1.807) is 36.5 Å². The average molecular weight is 449 g/mol. The number of likely N-dealkylation sites (tertiary alicyclic amines) is 1. The van der Waals surface area contributed by atoms with Crippen molar-refractivity contribution in [1.29, 1.82) is 0 Å². The van der Waals surface area contributed by atoms with Gasteiger partial charge < -0.3 is 22.0 Å². The number of primary amides is 1. The third kappa shape index (κ3) is 4.20. The molecule has 33 heavy (non-hydrogen) atoms. The van der Waals surface area contributed by atoms with Crippen molar-refractivity contribution < 1.29 is 19.5 Å². The minimum absolute atomic E-state index is 0.0385. The Hall–Kier alpha value is -4.41. The zero-order valence-electron chi connectivity index (χ0n) is 17.9. The van der Waals surface area contributed by atoms with Crippen LogP contribution in [0.5, 0.6) is 0 Å². The molecule has 1 atom stereocenters. The van der Waals surface area contributed by atoms with Crippen LogP contribution in [0.15, 0.2) is 42.6 Å². The van der Waals surface area contributed by atoms with Gasteiger partial charge in [0.25, 0.3) is 11.8 Å². The van der Waals surface area contributed by atoms with Crippen molar-refractivity contribution in [2.75, 3.05) is 17.7 Å². The van der Waals surface area contributed by atoms with Crippen molar-refractivity contribution in [1.82, 2.24) is 19.5 Å². The molecular formula is C22H23N7O4. The Kier molecular flexibility index (Phi) is 5.69. The van der Waals surface area contributed by atoms with Crippen LogP contribution in [0.2, 0.25) is 0 Å².